The van der Waals surface area contributed by atoms with Crippen LogP contribution in [0.25, 0.3) is 33.2 Å². The number of pyridine rings is 1. The lowest BCUT2D eigenvalue weighted by Crippen LogP contribution is -2.17. The van der Waals surface area contributed by atoms with Crippen molar-refractivity contribution >= 4 is 22.4 Å². The lowest BCUT2D eigenvalue weighted by molar-refractivity contribution is 0.446. The molecule has 0 amide bonds. The van der Waals surface area contributed by atoms with Gasteiger partial charge in [0.25, 0.3) is 0 Å². The van der Waals surface area contributed by atoms with Crippen molar-refractivity contribution in [2.45, 2.75) is 52.4 Å². The van der Waals surface area contributed by atoms with Crippen molar-refractivity contribution in [2.24, 2.45) is 0 Å². The summed E-state index contributed by atoms with van der Waals surface area (Å²) in [7, 11) is 0. The molecule has 4 aromatic rings. The molecule has 164 valence electrons. The van der Waals surface area contributed by atoms with E-state index in [1.807, 2.05) is 42.5 Å². The third-order valence-corrected chi connectivity index (χ3v) is 6.13. The lowest BCUT2D eigenvalue weighted by Gasteiger charge is -2.27. The van der Waals surface area contributed by atoms with E-state index in [0.29, 0.717) is 10.9 Å². The quantitative estimate of drug-likeness (QED) is 0.315. The Morgan fingerprint density at radius 3 is 2.12 bits per heavy atom. The predicted molar refractivity (Wildman–Crippen MR) is 137 cm³/mol. The zero-order chi connectivity index (χ0) is 23.3. The molecule has 1 heterocycles. The molecule has 32 heavy (non-hydrogen) atoms. The van der Waals surface area contributed by atoms with Gasteiger partial charge in [0.15, 0.2) is 0 Å². The molecule has 1 N–H and O–H groups in total. The molecule has 4 rings (SSSR count). The van der Waals surface area contributed by atoms with Gasteiger partial charge in [-0.2, -0.15) is 0 Å². The Hall–Kier alpha value is -2.84. The number of aromatic hydroxyl groups is 1. The second-order valence-electron chi connectivity index (χ2n) is 10.5. The summed E-state index contributed by atoms with van der Waals surface area (Å²) >= 11 is 6.35. The molecule has 0 radical (unpaired) electrons. The summed E-state index contributed by atoms with van der Waals surface area (Å²) in [5.74, 6) is 0.339. The molecule has 0 spiro atoms. The molecule has 0 fully saturated rings. The fraction of sp³-hybridized carbons (Fsp3) is 0.276. The van der Waals surface area contributed by atoms with Crippen molar-refractivity contribution in [1.82, 2.24) is 4.98 Å². The highest BCUT2D eigenvalue weighted by Crippen LogP contribution is 2.43. The van der Waals surface area contributed by atoms with Crippen LogP contribution in [0.15, 0.2) is 66.7 Å². The number of hydrogen-bond acceptors (Lipinski definition) is 2. The molecule has 0 aliphatic rings. The van der Waals surface area contributed by atoms with E-state index in [0.717, 1.165) is 38.7 Å². The van der Waals surface area contributed by atoms with Crippen LogP contribution in [-0.4, -0.2) is 10.1 Å². The fourth-order valence-electron chi connectivity index (χ4n) is 4.08. The van der Waals surface area contributed by atoms with Crippen molar-refractivity contribution < 1.29 is 5.11 Å². The van der Waals surface area contributed by atoms with Gasteiger partial charge in [-0.1, -0.05) is 102 Å². The molecule has 0 aliphatic carbocycles. The minimum atomic E-state index is -0.178. The van der Waals surface area contributed by atoms with Crippen LogP contribution >= 0.6 is 11.6 Å². The highest BCUT2D eigenvalue weighted by atomic mass is 35.5. The first kappa shape index (κ1) is 22.4. The lowest BCUT2D eigenvalue weighted by atomic mass is 9.78. The summed E-state index contributed by atoms with van der Waals surface area (Å²) in [4.78, 5) is 4.65. The fourth-order valence-corrected chi connectivity index (χ4v) is 4.28. The second kappa shape index (κ2) is 7.94. The van der Waals surface area contributed by atoms with Crippen LogP contribution in [0.4, 0.5) is 0 Å². The van der Waals surface area contributed by atoms with E-state index in [9.17, 15) is 5.11 Å². The summed E-state index contributed by atoms with van der Waals surface area (Å²) in [6, 6.07) is 22.5. The van der Waals surface area contributed by atoms with Gasteiger partial charge in [-0.3, -0.25) is 0 Å². The number of hydrogen-bond donors (Lipinski definition) is 1. The first-order chi connectivity index (χ1) is 14.9. The van der Waals surface area contributed by atoms with Crippen LogP contribution in [0.5, 0.6) is 5.75 Å². The van der Waals surface area contributed by atoms with Crippen molar-refractivity contribution in [3.8, 4) is 28.1 Å². The average Bonchev–Trinajstić information content (AvgIpc) is 2.71. The smallest absolute Gasteiger partial charge is 0.130 e. The Labute approximate surface area is 195 Å². The number of nitrogens with zero attached hydrogens (tertiary/aromatic N) is 1. The van der Waals surface area contributed by atoms with E-state index in [4.69, 9.17) is 11.6 Å². The molecule has 0 saturated heterocycles. The minimum Gasteiger partial charge on any atom is -0.507 e. The molecule has 1 aromatic heterocycles. The van der Waals surface area contributed by atoms with Crippen molar-refractivity contribution in [3.05, 3.63) is 83.0 Å². The van der Waals surface area contributed by atoms with Gasteiger partial charge in [0.2, 0.25) is 0 Å². The highest BCUT2D eigenvalue weighted by molar-refractivity contribution is 6.30. The Balaban J connectivity index is 1.96. The standard InChI is InChI=1S/C29H30ClNO/c1-28(2,3)21-16-23(27(32)24(17-21)29(4,5)6)18-11-9-12-20(14-18)26-22-13-8-7-10-19(22)15-25(30)31-26/h7-17,32H,1-6H3. The predicted octanol–water partition coefficient (Wildman–Crippen LogP) is 8.52. The number of fused-ring (bicyclic) bond motifs is 1. The second-order valence-corrected chi connectivity index (χ2v) is 10.9. The first-order valence-electron chi connectivity index (χ1n) is 11.0. The molecule has 0 aliphatic heterocycles. The van der Waals surface area contributed by atoms with Crippen molar-refractivity contribution in [2.75, 3.05) is 0 Å². The Morgan fingerprint density at radius 1 is 0.750 bits per heavy atom. The summed E-state index contributed by atoms with van der Waals surface area (Å²) in [6.45, 7) is 13.0. The molecule has 3 heteroatoms. The minimum absolute atomic E-state index is 0.0369. The number of aromatic nitrogens is 1. The molecule has 0 bridgehead atoms. The van der Waals surface area contributed by atoms with Crippen LogP contribution in [0, 0.1) is 0 Å². The molecule has 0 atom stereocenters. The van der Waals surface area contributed by atoms with E-state index in [-0.39, 0.29) is 10.8 Å². The Bertz CT molecular complexity index is 1310. The maximum Gasteiger partial charge on any atom is 0.130 e. The molecule has 3 aromatic carbocycles. The van der Waals surface area contributed by atoms with Gasteiger partial charge in [0, 0.05) is 22.1 Å². The maximum atomic E-state index is 11.3. The zero-order valence-electron chi connectivity index (χ0n) is 19.6. The van der Waals surface area contributed by atoms with Gasteiger partial charge in [-0.05, 0) is 45.5 Å². The molecular weight excluding hydrogens is 414 g/mol. The summed E-state index contributed by atoms with van der Waals surface area (Å²) in [6.07, 6.45) is 0. The van der Waals surface area contributed by atoms with Crippen molar-refractivity contribution in [1.29, 1.82) is 0 Å². The normalized spacial score (nSPS) is 12.3. The number of benzene rings is 3. The van der Waals surface area contributed by atoms with Crippen molar-refractivity contribution in [3.63, 3.8) is 0 Å². The third kappa shape index (κ3) is 4.25. The maximum absolute atomic E-state index is 11.3. The zero-order valence-corrected chi connectivity index (χ0v) is 20.4. The van der Waals surface area contributed by atoms with Crippen LogP contribution in [0.3, 0.4) is 0 Å². The average molecular weight is 444 g/mol. The Morgan fingerprint density at radius 2 is 1.44 bits per heavy atom. The monoisotopic (exact) mass is 443 g/mol. The SMILES string of the molecule is CC(C)(C)c1cc(-c2cccc(-c3nc(Cl)cc4ccccc34)c2)c(O)c(C(C)(C)C)c1. The topological polar surface area (TPSA) is 33.1 Å². The van der Waals surface area contributed by atoms with Gasteiger partial charge >= 0.3 is 0 Å². The van der Waals surface area contributed by atoms with Crippen LogP contribution in [0.1, 0.15) is 52.7 Å². The van der Waals surface area contributed by atoms with E-state index in [1.165, 1.54) is 5.56 Å². The Kier molecular flexibility index (Phi) is 5.55. The highest BCUT2D eigenvalue weighted by Gasteiger charge is 2.25. The largest absolute Gasteiger partial charge is 0.507 e. The number of halogens is 1. The summed E-state index contributed by atoms with van der Waals surface area (Å²) in [5.41, 5.74) is 5.56. The number of phenols is 1. The third-order valence-electron chi connectivity index (χ3n) is 5.94. The van der Waals surface area contributed by atoms with Crippen LogP contribution < -0.4 is 0 Å². The van der Waals surface area contributed by atoms with Gasteiger partial charge in [-0.25, -0.2) is 4.98 Å². The van der Waals surface area contributed by atoms with Gasteiger partial charge < -0.3 is 5.11 Å². The molecule has 0 unspecified atom stereocenters. The summed E-state index contributed by atoms with van der Waals surface area (Å²) in [5, 5.41) is 13.9. The summed E-state index contributed by atoms with van der Waals surface area (Å²) < 4.78 is 0. The van der Waals surface area contributed by atoms with Gasteiger partial charge in [-0.15, -0.1) is 0 Å². The van der Waals surface area contributed by atoms with E-state index in [1.54, 1.807) is 0 Å². The number of phenolic OH excluding ortho intramolecular Hbond substituents is 1. The number of rotatable bonds is 2. The van der Waals surface area contributed by atoms with Crippen LogP contribution in [0.2, 0.25) is 5.15 Å². The molecule has 0 saturated carbocycles. The van der Waals surface area contributed by atoms with E-state index < -0.39 is 0 Å². The van der Waals surface area contributed by atoms with E-state index >= 15 is 0 Å². The molecular formula is C29H30ClNO. The van der Waals surface area contributed by atoms with Gasteiger partial charge in [0.05, 0.1) is 5.69 Å². The first-order valence-corrected chi connectivity index (χ1v) is 11.4. The van der Waals surface area contributed by atoms with Gasteiger partial charge in [0.1, 0.15) is 10.9 Å². The van der Waals surface area contributed by atoms with E-state index in [2.05, 4.69) is 70.8 Å². The van der Waals surface area contributed by atoms with Crippen LogP contribution in [-0.2, 0) is 10.8 Å². The molecule has 2 nitrogen and oxygen atoms in total.